The lowest BCUT2D eigenvalue weighted by atomic mass is 10.1. The Kier molecular flexibility index (Phi) is 4.69. The number of hydrogen-bond donors (Lipinski definition) is 1. The Morgan fingerprint density at radius 2 is 2.19 bits per heavy atom. The van der Waals surface area contributed by atoms with Gasteiger partial charge >= 0.3 is 5.69 Å². The van der Waals surface area contributed by atoms with Gasteiger partial charge in [-0.3, -0.25) is 10.1 Å². The van der Waals surface area contributed by atoms with Crippen LogP contribution in [0.3, 0.4) is 0 Å². The summed E-state index contributed by atoms with van der Waals surface area (Å²) < 4.78 is 9.50. The minimum Gasteiger partial charge on any atom is -0.480 e. The third-order valence-corrected chi connectivity index (χ3v) is 3.57. The van der Waals surface area contributed by atoms with Crippen molar-refractivity contribution in [2.45, 2.75) is 27.4 Å². The molecule has 0 bridgehead atoms. The first kappa shape index (κ1) is 15.2. The van der Waals surface area contributed by atoms with E-state index >= 15 is 0 Å². The molecule has 2 aromatic rings. The maximum atomic E-state index is 11.1. The van der Waals surface area contributed by atoms with E-state index in [1.165, 1.54) is 17.6 Å². The summed E-state index contributed by atoms with van der Waals surface area (Å²) in [5.74, 6) is 0.279. The zero-order valence-corrected chi connectivity index (χ0v) is 12.9. The molecule has 0 aliphatic carbocycles. The normalized spacial score (nSPS) is 10.4. The average Bonchev–Trinajstić information content (AvgIpc) is 2.85. The van der Waals surface area contributed by atoms with E-state index in [0.717, 1.165) is 22.7 Å². The van der Waals surface area contributed by atoms with Crippen molar-refractivity contribution in [3.63, 3.8) is 0 Å². The SMILES string of the molecule is CCNc1snnc1COc1c(C)cc(C)cc1[N+](=O)[O-]. The van der Waals surface area contributed by atoms with E-state index in [-0.39, 0.29) is 18.0 Å². The second-order valence-electron chi connectivity index (χ2n) is 4.55. The van der Waals surface area contributed by atoms with Crippen LogP contribution in [-0.2, 0) is 6.61 Å². The minimum atomic E-state index is -0.431. The fourth-order valence-electron chi connectivity index (χ4n) is 1.99. The number of aromatic nitrogens is 2. The summed E-state index contributed by atoms with van der Waals surface area (Å²) in [6.07, 6.45) is 0. The molecule has 0 saturated heterocycles. The fourth-order valence-corrected chi connectivity index (χ4v) is 2.63. The molecular formula is C13H16N4O3S. The van der Waals surface area contributed by atoms with Crippen LogP contribution in [-0.4, -0.2) is 21.1 Å². The Morgan fingerprint density at radius 3 is 2.86 bits per heavy atom. The first-order valence-electron chi connectivity index (χ1n) is 6.46. The van der Waals surface area contributed by atoms with Crippen molar-refractivity contribution in [1.82, 2.24) is 9.59 Å². The van der Waals surface area contributed by atoms with Crippen molar-refractivity contribution in [3.05, 3.63) is 39.1 Å². The van der Waals surface area contributed by atoms with Gasteiger partial charge in [-0.15, -0.1) is 5.10 Å². The molecule has 0 radical (unpaired) electrons. The number of benzene rings is 1. The van der Waals surface area contributed by atoms with Gasteiger partial charge in [0, 0.05) is 24.1 Å². The van der Waals surface area contributed by atoms with Crippen molar-refractivity contribution >= 4 is 22.2 Å². The lowest BCUT2D eigenvalue weighted by Crippen LogP contribution is -2.05. The molecule has 0 saturated carbocycles. The zero-order valence-electron chi connectivity index (χ0n) is 12.0. The highest BCUT2D eigenvalue weighted by atomic mass is 32.1. The third-order valence-electron chi connectivity index (χ3n) is 2.84. The van der Waals surface area contributed by atoms with Crippen LogP contribution in [0.1, 0.15) is 23.7 Å². The van der Waals surface area contributed by atoms with Gasteiger partial charge in [0.2, 0.25) is 0 Å². The van der Waals surface area contributed by atoms with Gasteiger partial charge in [0.05, 0.1) is 4.92 Å². The smallest absolute Gasteiger partial charge is 0.311 e. The highest BCUT2D eigenvalue weighted by Gasteiger charge is 2.19. The van der Waals surface area contributed by atoms with Crippen LogP contribution in [0.25, 0.3) is 0 Å². The largest absolute Gasteiger partial charge is 0.480 e. The van der Waals surface area contributed by atoms with E-state index in [9.17, 15) is 10.1 Å². The summed E-state index contributed by atoms with van der Waals surface area (Å²) in [7, 11) is 0. The van der Waals surface area contributed by atoms with Gasteiger partial charge in [0.25, 0.3) is 0 Å². The first-order valence-corrected chi connectivity index (χ1v) is 7.23. The second-order valence-corrected chi connectivity index (χ2v) is 5.31. The van der Waals surface area contributed by atoms with Gasteiger partial charge in [-0.25, -0.2) is 0 Å². The van der Waals surface area contributed by atoms with Crippen LogP contribution in [0.15, 0.2) is 12.1 Å². The fraction of sp³-hybridized carbons (Fsp3) is 0.385. The summed E-state index contributed by atoms with van der Waals surface area (Å²) >= 11 is 1.24. The maximum Gasteiger partial charge on any atom is 0.311 e. The van der Waals surface area contributed by atoms with E-state index in [4.69, 9.17) is 4.74 Å². The summed E-state index contributed by atoms with van der Waals surface area (Å²) in [5, 5.41) is 19.1. The molecule has 1 aromatic carbocycles. The molecule has 0 spiro atoms. The number of anilines is 1. The second kappa shape index (κ2) is 6.49. The highest BCUT2D eigenvalue weighted by molar-refractivity contribution is 7.10. The predicted molar refractivity (Wildman–Crippen MR) is 81.0 cm³/mol. The van der Waals surface area contributed by atoms with Crippen LogP contribution < -0.4 is 10.1 Å². The molecule has 1 heterocycles. The standard InChI is InChI=1S/C13H16N4O3S/c1-4-14-13-10(15-16-21-13)7-20-12-9(3)5-8(2)6-11(12)17(18)19/h5-6,14H,4,7H2,1-3H3. The summed E-state index contributed by atoms with van der Waals surface area (Å²) in [6.45, 7) is 6.47. The maximum absolute atomic E-state index is 11.1. The van der Waals surface area contributed by atoms with Crippen molar-refractivity contribution in [2.75, 3.05) is 11.9 Å². The molecule has 0 unspecified atom stereocenters. The number of nitro groups is 1. The molecule has 112 valence electrons. The molecule has 0 aliphatic heterocycles. The van der Waals surface area contributed by atoms with Gasteiger partial charge in [-0.2, -0.15) is 0 Å². The molecule has 7 nitrogen and oxygen atoms in total. The van der Waals surface area contributed by atoms with Crippen molar-refractivity contribution in [2.24, 2.45) is 0 Å². The monoisotopic (exact) mass is 308 g/mol. The molecule has 8 heteroatoms. The van der Waals surface area contributed by atoms with E-state index in [1.54, 1.807) is 6.92 Å². The number of nitrogens with zero attached hydrogens (tertiary/aromatic N) is 3. The number of ether oxygens (including phenoxy) is 1. The lowest BCUT2D eigenvalue weighted by molar-refractivity contribution is -0.386. The molecular weight excluding hydrogens is 292 g/mol. The van der Waals surface area contributed by atoms with Crippen LogP contribution in [0, 0.1) is 24.0 Å². The molecule has 21 heavy (non-hydrogen) atoms. The van der Waals surface area contributed by atoms with Gasteiger partial charge < -0.3 is 10.1 Å². The first-order chi connectivity index (χ1) is 10.0. The highest BCUT2D eigenvalue weighted by Crippen LogP contribution is 2.33. The minimum absolute atomic E-state index is 0.0271. The van der Waals surface area contributed by atoms with E-state index in [1.807, 2.05) is 19.9 Å². The van der Waals surface area contributed by atoms with Gasteiger partial charge in [-0.05, 0) is 31.9 Å². The Bertz CT molecular complexity index is 657. The summed E-state index contributed by atoms with van der Waals surface area (Å²) in [5.41, 5.74) is 2.18. The number of aryl methyl sites for hydroxylation is 2. The zero-order chi connectivity index (χ0) is 15.4. The summed E-state index contributed by atoms with van der Waals surface area (Å²) in [4.78, 5) is 10.7. The van der Waals surface area contributed by atoms with E-state index in [2.05, 4.69) is 14.9 Å². The van der Waals surface area contributed by atoms with E-state index in [0.29, 0.717) is 5.69 Å². The Balaban J connectivity index is 2.23. The molecule has 1 N–H and O–H groups in total. The topological polar surface area (TPSA) is 90.2 Å². The van der Waals surface area contributed by atoms with Crippen LogP contribution >= 0.6 is 11.5 Å². The van der Waals surface area contributed by atoms with Crippen LogP contribution in [0.2, 0.25) is 0 Å². The van der Waals surface area contributed by atoms with Crippen molar-refractivity contribution in [3.8, 4) is 5.75 Å². The quantitative estimate of drug-likeness (QED) is 0.651. The average molecular weight is 308 g/mol. The summed E-state index contributed by atoms with van der Waals surface area (Å²) in [6, 6.07) is 3.36. The van der Waals surface area contributed by atoms with Crippen molar-refractivity contribution in [1.29, 1.82) is 0 Å². The Labute approximate surface area is 126 Å². The van der Waals surface area contributed by atoms with Gasteiger partial charge in [-0.1, -0.05) is 10.6 Å². The van der Waals surface area contributed by atoms with Crippen molar-refractivity contribution < 1.29 is 9.66 Å². The molecule has 0 atom stereocenters. The number of rotatable bonds is 6. The molecule has 0 aliphatic rings. The molecule has 1 aromatic heterocycles. The Hall–Kier alpha value is -2.22. The third kappa shape index (κ3) is 3.46. The number of nitrogens with one attached hydrogen (secondary N) is 1. The predicted octanol–water partition coefficient (Wildman–Crippen LogP) is 3.07. The van der Waals surface area contributed by atoms with Crippen LogP contribution in [0.4, 0.5) is 10.7 Å². The molecule has 0 amide bonds. The van der Waals surface area contributed by atoms with E-state index < -0.39 is 4.92 Å². The Morgan fingerprint density at radius 1 is 1.43 bits per heavy atom. The molecule has 0 fully saturated rings. The number of nitro benzene ring substituents is 1. The number of hydrogen-bond acceptors (Lipinski definition) is 7. The van der Waals surface area contributed by atoms with Gasteiger partial charge in [0.1, 0.15) is 17.3 Å². The van der Waals surface area contributed by atoms with Crippen LogP contribution in [0.5, 0.6) is 5.75 Å². The van der Waals surface area contributed by atoms with Gasteiger partial charge in [0.15, 0.2) is 5.75 Å². The lowest BCUT2D eigenvalue weighted by Gasteiger charge is -2.10. The molecule has 2 rings (SSSR count).